The zero-order chi connectivity index (χ0) is 17.6. The number of fused-ring (bicyclic) bond motifs is 2. The van der Waals surface area contributed by atoms with Gasteiger partial charge in [-0.2, -0.15) is 0 Å². The highest BCUT2D eigenvalue weighted by Gasteiger charge is 2.01. The molecule has 2 aromatic heterocycles. The Morgan fingerprint density at radius 3 is 1.96 bits per heavy atom. The Morgan fingerprint density at radius 2 is 1.40 bits per heavy atom. The molecular formula is C20H14O5. The summed E-state index contributed by atoms with van der Waals surface area (Å²) in [5, 5.41) is 10.4. The van der Waals surface area contributed by atoms with Crippen molar-refractivity contribution in [1.29, 1.82) is 0 Å². The minimum Gasteiger partial charge on any atom is -0.478 e. The molecule has 25 heavy (non-hydrogen) atoms. The summed E-state index contributed by atoms with van der Waals surface area (Å²) < 4.78 is 10.3. The van der Waals surface area contributed by atoms with Crippen molar-refractivity contribution >= 4 is 40.3 Å². The van der Waals surface area contributed by atoms with E-state index in [-0.39, 0.29) is 0 Å². The number of hydrogen-bond acceptors (Lipinski definition) is 4. The van der Waals surface area contributed by atoms with Crippen molar-refractivity contribution in [1.82, 2.24) is 0 Å². The Kier molecular flexibility index (Phi) is 4.76. The lowest BCUT2D eigenvalue weighted by Crippen LogP contribution is -1.85. The van der Waals surface area contributed by atoms with E-state index in [2.05, 4.69) is 0 Å². The molecule has 0 aliphatic carbocycles. The van der Waals surface area contributed by atoms with E-state index in [0.717, 1.165) is 28.7 Å². The lowest BCUT2D eigenvalue weighted by atomic mass is 10.1. The Labute approximate surface area is 142 Å². The third-order valence-electron chi connectivity index (χ3n) is 3.55. The Balaban J connectivity index is 0.000000150. The van der Waals surface area contributed by atoms with Crippen LogP contribution < -0.4 is 0 Å². The van der Waals surface area contributed by atoms with Gasteiger partial charge in [0.25, 0.3) is 0 Å². The summed E-state index contributed by atoms with van der Waals surface area (Å²) >= 11 is 0. The van der Waals surface area contributed by atoms with E-state index in [1.165, 1.54) is 6.08 Å². The van der Waals surface area contributed by atoms with Crippen LogP contribution in [0.5, 0.6) is 0 Å². The normalized spacial score (nSPS) is 10.7. The van der Waals surface area contributed by atoms with E-state index in [1.807, 2.05) is 42.5 Å². The molecule has 5 nitrogen and oxygen atoms in total. The molecule has 2 aromatic carbocycles. The van der Waals surface area contributed by atoms with Crippen LogP contribution in [0.4, 0.5) is 0 Å². The van der Waals surface area contributed by atoms with E-state index in [4.69, 9.17) is 13.9 Å². The van der Waals surface area contributed by atoms with Gasteiger partial charge in [-0.1, -0.05) is 30.3 Å². The smallest absolute Gasteiger partial charge is 0.328 e. The second kappa shape index (κ2) is 7.31. The van der Waals surface area contributed by atoms with Crippen molar-refractivity contribution < 1.29 is 23.5 Å². The van der Waals surface area contributed by atoms with Gasteiger partial charge in [0.1, 0.15) is 11.2 Å². The van der Waals surface area contributed by atoms with Gasteiger partial charge < -0.3 is 13.9 Å². The molecule has 5 heteroatoms. The van der Waals surface area contributed by atoms with Gasteiger partial charge in [-0.25, -0.2) is 4.79 Å². The second-order valence-corrected chi connectivity index (χ2v) is 5.16. The molecule has 0 unspecified atom stereocenters. The van der Waals surface area contributed by atoms with E-state index in [1.54, 1.807) is 18.6 Å². The van der Waals surface area contributed by atoms with E-state index in [0.29, 0.717) is 16.7 Å². The van der Waals surface area contributed by atoms with Gasteiger partial charge >= 0.3 is 5.97 Å². The summed E-state index contributed by atoms with van der Waals surface area (Å²) in [4.78, 5) is 20.8. The summed E-state index contributed by atoms with van der Waals surface area (Å²) in [6.45, 7) is 0. The minimum absolute atomic E-state index is 0.604. The van der Waals surface area contributed by atoms with Crippen LogP contribution in [0.25, 0.3) is 28.0 Å². The number of carbonyl (C=O) groups is 2. The van der Waals surface area contributed by atoms with E-state index in [9.17, 15) is 9.59 Å². The third kappa shape index (κ3) is 3.67. The number of aldehydes is 1. The highest BCUT2D eigenvalue weighted by atomic mass is 16.4. The van der Waals surface area contributed by atoms with Crippen molar-refractivity contribution in [3.8, 4) is 0 Å². The molecule has 1 N–H and O–H groups in total. The number of carboxylic acids is 1. The maximum Gasteiger partial charge on any atom is 0.328 e. The predicted octanol–water partition coefficient (Wildman–Crippen LogP) is 4.78. The number of carboxylic acid groups (broad SMARTS) is 1. The van der Waals surface area contributed by atoms with Crippen LogP contribution in [0, 0.1) is 0 Å². The van der Waals surface area contributed by atoms with Crippen LogP contribution in [0.15, 0.2) is 76.0 Å². The van der Waals surface area contributed by atoms with E-state index >= 15 is 0 Å². The fourth-order valence-electron chi connectivity index (χ4n) is 2.42. The standard InChI is InChI=1S/C11H8O3.C9H6O2/c12-10(13)5-4-8-2-1-3-9-6-7-14-11(8)9;10-6-8-3-1-2-7-4-5-11-9(7)8/h1-7H,(H,12,13);1-6H. The van der Waals surface area contributed by atoms with Gasteiger partial charge in [0.15, 0.2) is 6.29 Å². The Morgan fingerprint density at radius 1 is 0.840 bits per heavy atom. The van der Waals surface area contributed by atoms with Crippen molar-refractivity contribution in [3.05, 3.63) is 78.3 Å². The van der Waals surface area contributed by atoms with Gasteiger partial charge in [0.05, 0.1) is 18.1 Å². The predicted molar refractivity (Wildman–Crippen MR) is 94.5 cm³/mol. The molecule has 0 aliphatic heterocycles. The molecule has 0 amide bonds. The quantitative estimate of drug-likeness (QED) is 0.431. The van der Waals surface area contributed by atoms with Crippen LogP contribution in [0.1, 0.15) is 15.9 Å². The van der Waals surface area contributed by atoms with Crippen LogP contribution >= 0.6 is 0 Å². The highest BCUT2D eigenvalue weighted by molar-refractivity contribution is 5.94. The molecule has 124 valence electrons. The van der Waals surface area contributed by atoms with Gasteiger partial charge in [-0.3, -0.25) is 4.79 Å². The number of hydrogen-bond donors (Lipinski definition) is 1. The van der Waals surface area contributed by atoms with Gasteiger partial charge in [0.2, 0.25) is 0 Å². The molecule has 0 saturated carbocycles. The molecule has 0 fully saturated rings. The van der Waals surface area contributed by atoms with Crippen molar-refractivity contribution in [2.75, 3.05) is 0 Å². The minimum atomic E-state index is -0.964. The van der Waals surface area contributed by atoms with Gasteiger partial charge in [-0.05, 0) is 24.3 Å². The van der Waals surface area contributed by atoms with Crippen molar-refractivity contribution in [3.63, 3.8) is 0 Å². The molecule has 0 aliphatic rings. The molecule has 2 heterocycles. The maximum absolute atomic E-state index is 10.5. The second-order valence-electron chi connectivity index (χ2n) is 5.16. The number of benzene rings is 2. The SMILES string of the molecule is O=C(O)C=Cc1cccc2ccoc12.O=Cc1cccc2ccoc12. The largest absolute Gasteiger partial charge is 0.478 e. The molecule has 0 atom stereocenters. The lowest BCUT2D eigenvalue weighted by Gasteiger charge is -1.93. The molecule has 4 aromatic rings. The average molecular weight is 334 g/mol. The van der Waals surface area contributed by atoms with Crippen LogP contribution in [0.3, 0.4) is 0 Å². The number of para-hydroxylation sites is 2. The number of carbonyl (C=O) groups excluding carboxylic acids is 1. The Bertz CT molecular complexity index is 1050. The molecule has 0 saturated heterocycles. The fourth-order valence-corrected chi connectivity index (χ4v) is 2.42. The molecular weight excluding hydrogens is 320 g/mol. The van der Waals surface area contributed by atoms with Crippen molar-refractivity contribution in [2.45, 2.75) is 0 Å². The first-order chi connectivity index (χ1) is 12.2. The number of furan rings is 2. The summed E-state index contributed by atoms with van der Waals surface area (Å²) in [5.41, 5.74) is 2.76. The summed E-state index contributed by atoms with van der Waals surface area (Å²) in [7, 11) is 0. The monoisotopic (exact) mass is 334 g/mol. The first-order valence-corrected chi connectivity index (χ1v) is 7.47. The van der Waals surface area contributed by atoms with E-state index < -0.39 is 5.97 Å². The topological polar surface area (TPSA) is 80.6 Å². The van der Waals surface area contributed by atoms with Gasteiger partial charge in [-0.15, -0.1) is 0 Å². The molecule has 0 bridgehead atoms. The first kappa shape index (κ1) is 16.3. The summed E-state index contributed by atoms with van der Waals surface area (Å²) in [6.07, 6.45) is 6.58. The molecule has 4 rings (SSSR count). The lowest BCUT2D eigenvalue weighted by molar-refractivity contribution is -0.131. The zero-order valence-corrected chi connectivity index (χ0v) is 13.1. The Hall–Kier alpha value is -3.60. The third-order valence-corrected chi connectivity index (χ3v) is 3.55. The first-order valence-electron chi connectivity index (χ1n) is 7.47. The van der Waals surface area contributed by atoms with Crippen LogP contribution in [0.2, 0.25) is 0 Å². The maximum atomic E-state index is 10.5. The zero-order valence-electron chi connectivity index (χ0n) is 13.1. The molecule has 0 spiro atoms. The number of rotatable bonds is 3. The highest BCUT2D eigenvalue weighted by Crippen LogP contribution is 2.20. The fraction of sp³-hybridized carbons (Fsp3) is 0. The van der Waals surface area contributed by atoms with Gasteiger partial charge in [0, 0.05) is 22.4 Å². The molecule has 0 radical (unpaired) electrons. The van der Waals surface area contributed by atoms with Crippen LogP contribution in [-0.2, 0) is 4.79 Å². The summed E-state index contributed by atoms with van der Waals surface area (Å²) in [5.74, 6) is -0.964. The number of aliphatic carboxylic acids is 1. The summed E-state index contributed by atoms with van der Waals surface area (Å²) in [6, 6.07) is 14.7. The van der Waals surface area contributed by atoms with Crippen molar-refractivity contribution in [2.24, 2.45) is 0 Å². The average Bonchev–Trinajstić information content (AvgIpc) is 3.29. The van der Waals surface area contributed by atoms with Crippen LogP contribution in [-0.4, -0.2) is 17.4 Å².